The van der Waals surface area contributed by atoms with Crippen LogP contribution >= 0.6 is 22.9 Å². The van der Waals surface area contributed by atoms with Crippen LogP contribution in [0.2, 0.25) is 0 Å². The first-order valence-corrected chi connectivity index (χ1v) is 6.04. The minimum atomic E-state index is 0.345. The average Bonchev–Trinajstić information content (AvgIpc) is 2.63. The van der Waals surface area contributed by atoms with Gasteiger partial charge in [0.25, 0.3) is 0 Å². The van der Waals surface area contributed by atoms with Gasteiger partial charge < -0.3 is 0 Å². The Balaban J connectivity index is 2.31. The van der Waals surface area contributed by atoms with E-state index in [1.54, 1.807) is 0 Å². The normalized spacial score (nSPS) is 13.7. The molecule has 0 fully saturated rings. The van der Waals surface area contributed by atoms with E-state index in [1.165, 1.54) is 22.3 Å². The first kappa shape index (κ1) is 9.36. The van der Waals surface area contributed by atoms with E-state index in [1.807, 2.05) is 0 Å². The van der Waals surface area contributed by atoms with Crippen LogP contribution in [0.5, 0.6) is 0 Å². The van der Waals surface area contributed by atoms with Crippen molar-refractivity contribution in [3.8, 4) is 11.1 Å². The van der Waals surface area contributed by atoms with Crippen LogP contribution in [0.3, 0.4) is 0 Å². The van der Waals surface area contributed by atoms with Gasteiger partial charge in [-0.1, -0.05) is 48.5 Å². The minimum Gasteiger partial charge on any atom is -0.249 e. The van der Waals surface area contributed by atoms with Gasteiger partial charge in [-0.25, -0.2) is 3.53 Å². The largest absolute Gasteiger partial charge is 0.249 e. The lowest BCUT2D eigenvalue weighted by Gasteiger charge is -2.09. The van der Waals surface area contributed by atoms with Gasteiger partial charge in [0.05, 0.1) is 6.04 Å². The second kappa shape index (κ2) is 3.61. The van der Waals surface area contributed by atoms with Crippen molar-refractivity contribution in [3.05, 3.63) is 59.7 Å². The number of nitrogens with one attached hydrogen (secondary N) is 1. The fourth-order valence-corrected chi connectivity index (χ4v) is 2.94. The SMILES string of the molecule is INC1c2ccccc2-c2ccccc21. The quantitative estimate of drug-likeness (QED) is 0.626. The zero-order valence-electron chi connectivity index (χ0n) is 8.07. The Morgan fingerprint density at radius 3 is 1.73 bits per heavy atom. The maximum absolute atomic E-state index is 3.35. The number of hydrogen-bond acceptors (Lipinski definition) is 1. The van der Waals surface area contributed by atoms with Gasteiger partial charge >= 0.3 is 0 Å². The van der Waals surface area contributed by atoms with Crippen LogP contribution in [-0.2, 0) is 0 Å². The summed E-state index contributed by atoms with van der Waals surface area (Å²) in [5.41, 5.74) is 5.49. The van der Waals surface area contributed by atoms with E-state index in [9.17, 15) is 0 Å². The van der Waals surface area contributed by atoms with Crippen LogP contribution in [0, 0.1) is 0 Å². The van der Waals surface area contributed by atoms with E-state index in [0.29, 0.717) is 6.04 Å². The van der Waals surface area contributed by atoms with Crippen molar-refractivity contribution in [2.75, 3.05) is 0 Å². The molecule has 1 aliphatic carbocycles. The molecule has 3 rings (SSSR count). The number of fused-ring (bicyclic) bond motifs is 3. The molecule has 0 saturated carbocycles. The smallest absolute Gasteiger partial charge is 0.0676 e. The van der Waals surface area contributed by atoms with E-state index in [-0.39, 0.29) is 0 Å². The summed E-state index contributed by atoms with van der Waals surface area (Å²) in [5.74, 6) is 0. The summed E-state index contributed by atoms with van der Waals surface area (Å²) < 4.78 is 3.35. The van der Waals surface area contributed by atoms with E-state index < -0.39 is 0 Å². The topological polar surface area (TPSA) is 12.0 Å². The molecule has 1 aliphatic rings. The molecule has 2 aromatic rings. The van der Waals surface area contributed by atoms with Gasteiger partial charge in [-0.05, 0) is 22.3 Å². The third kappa shape index (κ3) is 1.32. The Morgan fingerprint density at radius 2 is 1.27 bits per heavy atom. The number of rotatable bonds is 1. The van der Waals surface area contributed by atoms with Crippen molar-refractivity contribution < 1.29 is 0 Å². The molecular formula is C13H10IN. The third-order valence-electron chi connectivity index (χ3n) is 2.94. The molecule has 1 N–H and O–H groups in total. The maximum Gasteiger partial charge on any atom is 0.0676 e. The molecule has 2 aromatic carbocycles. The summed E-state index contributed by atoms with van der Waals surface area (Å²) >= 11 is 2.23. The Hall–Kier alpha value is -0.870. The van der Waals surface area contributed by atoms with Gasteiger partial charge in [-0.15, -0.1) is 0 Å². The molecule has 74 valence electrons. The van der Waals surface area contributed by atoms with Gasteiger partial charge in [-0.3, -0.25) is 0 Å². The van der Waals surface area contributed by atoms with Crippen molar-refractivity contribution in [1.82, 2.24) is 3.53 Å². The summed E-state index contributed by atoms with van der Waals surface area (Å²) in [7, 11) is 0. The highest BCUT2D eigenvalue weighted by molar-refractivity contribution is 14.1. The van der Waals surface area contributed by atoms with Gasteiger partial charge in [0.15, 0.2) is 0 Å². The minimum absolute atomic E-state index is 0.345. The summed E-state index contributed by atoms with van der Waals surface area (Å²) in [5, 5.41) is 0. The van der Waals surface area contributed by atoms with Crippen LogP contribution in [0.1, 0.15) is 17.2 Å². The molecule has 0 atom stereocenters. The molecule has 1 nitrogen and oxygen atoms in total. The zero-order valence-corrected chi connectivity index (χ0v) is 10.2. The van der Waals surface area contributed by atoms with Gasteiger partial charge in [-0.2, -0.15) is 0 Å². The molecule has 0 radical (unpaired) electrons. The molecule has 0 bridgehead atoms. The van der Waals surface area contributed by atoms with Gasteiger partial charge in [0, 0.05) is 22.9 Å². The first-order chi connectivity index (χ1) is 7.42. The highest BCUT2D eigenvalue weighted by atomic mass is 127. The summed E-state index contributed by atoms with van der Waals surface area (Å²) in [6.45, 7) is 0. The predicted molar refractivity (Wildman–Crippen MR) is 70.9 cm³/mol. The van der Waals surface area contributed by atoms with Crippen LogP contribution in [0.15, 0.2) is 48.5 Å². The second-order valence-corrected chi connectivity index (χ2v) is 4.34. The Morgan fingerprint density at radius 1 is 0.800 bits per heavy atom. The Labute approximate surface area is 103 Å². The highest BCUT2D eigenvalue weighted by Crippen LogP contribution is 2.43. The fourth-order valence-electron chi connectivity index (χ4n) is 2.27. The Bertz CT molecular complexity index is 462. The molecule has 0 saturated heterocycles. The molecule has 15 heavy (non-hydrogen) atoms. The van der Waals surface area contributed by atoms with Crippen molar-refractivity contribution in [2.45, 2.75) is 6.04 Å². The molecule has 0 aliphatic heterocycles. The van der Waals surface area contributed by atoms with Crippen molar-refractivity contribution in [3.63, 3.8) is 0 Å². The second-order valence-electron chi connectivity index (χ2n) is 3.72. The van der Waals surface area contributed by atoms with E-state index in [0.717, 1.165) is 0 Å². The standard InChI is InChI=1S/C13H10IN/c14-15-13-11-7-3-1-5-9(11)10-6-2-4-8-12(10)13/h1-8,13,15H. The van der Waals surface area contributed by atoms with E-state index in [4.69, 9.17) is 0 Å². The molecular weight excluding hydrogens is 297 g/mol. The lowest BCUT2D eigenvalue weighted by Crippen LogP contribution is -2.08. The van der Waals surface area contributed by atoms with E-state index in [2.05, 4.69) is 74.9 Å². The van der Waals surface area contributed by atoms with Crippen LogP contribution < -0.4 is 3.53 Å². The lowest BCUT2D eigenvalue weighted by atomic mass is 10.1. The maximum atomic E-state index is 3.35. The average molecular weight is 307 g/mol. The van der Waals surface area contributed by atoms with E-state index >= 15 is 0 Å². The van der Waals surface area contributed by atoms with Crippen LogP contribution in [0.25, 0.3) is 11.1 Å². The summed E-state index contributed by atoms with van der Waals surface area (Å²) in [4.78, 5) is 0. The number of halogens is 1. The monoisotopic (exact) mass is 307 g/mol. The molecule has 0 unspecified atom stereocenters. The zero-order chi connectivity index (χ0) is 10.3. The molecule has 0 amide bonds. The molecule has 0 heterocycles. The van der Waals surface area contributed by atoms with Gasteiger partial charge in [0.1, 0.15) is 0 Å². The summed E-state index contributed by atoms with van der Waals surface area (Å²) in [6.07, 6.45) is 0. The first-order valence-electron chi connectivity index (χ1n) is 4.96. The van der Waals surface area contributed by atoms with Gasteiger partial charge in [0.2, 0.25) is 0 Å². The molecule has 0 aromatic heterocycles. The van der Waals surface area contributed by atoms with Crippen molar-refractivity contribution >= 4 is 22.9 Å². The highest BCUT2D eigenvalue weighted by Gasteiger charge is 2.26. The summed E-state index contributed by atoms with van der Waals surface area (Å²) in [6, 6.07) is 17.5. The lowest BCUT2D eigenvalue weighted by molar-refractivity contribution is 0.855. The molecule has 2 heteroatoms. The van der Waals surface area contributed by atoms with Crippen molar-refractivity contribution in [2.24, 2.45) is 0 Å². The number of hydrogen-bond donors (Lipinski definition) is 1. The third-order valence-corrected chi connectivity index (χ3v) is 3.57. The number of benzene rings is 2. The van der Waals surface area contributed by atoms with Crippen molar-refractivity contribution in [1.29, 1.82) is 0 Å². The van der Waals surface area contributed by atoms with Crippen LogP contribution in [-0.4, -0.2) is 0 Å². The van der Waals surface area contributed by atoms with Crippen LogP contribution in [0.4, 0.5) is 0 Å². The molecule has 0 spiro atoms. The Kier molecular flexibility index (Phi) is 2.25. The fraction of sp³-hybridized carbons (Fsp3) is 0.0769. The predicted octanol–water partition coefficient (Wildman–Crippen LogP) is 3.70.